The molecule has 7 nitrogen and oxygen atoms in total. The molecule has 2 rings (SSSR count). The maximum Gasteiger partial charge on any atom is 0.411 e. The lowest BCUT2D eigenvalue weighted by molar-refractivity contribution is -0.602. The molecule has 24 heavy (non-hydrogen) atoms. The van der Waals surface area contributed by atoms with Gasteiger partial charge >= 0.3 is 12.0 Å². The molecule has 1 aliphatic rings. The highest BCUT2D eigenvalue weighted by Gasteiger charge is 2.43. The van der Waals surface area contributed by atoms with Gasteiger partial charge in [-0.2, -0.15) is 0 Å². The monoisotopic (exact) mass is 403 g/mol. The number of halogens is 2. The van der Waals surface area contributed by atoms with E-state index in [0.29, 0.717) is 4.73 Å². The molecule has 1 N–H and O–H groups in total. The Hall–Kier alpha value is -1.90. The molecular formula is C15H19BrFN3O4. The summed E-state index contributed by atoms with van der Waals surface area (Å²) >= 11 is 3.05. The summed E-state index contributed by atoms with van der Waals surface area (Å²) in [7, 11) is 0. The summed E-state index contributed by atoms with van der Waals surface area (Å²) in [6.45, 7) is 4.84. The number of ether oxygens (including phenoxy) is 1. The Morgan fingerprint density at radius 2 is 2.12 bits per heavy atom. The number of likely N-dealkylation sites (tertiary alicyclic amines) is 1. The fourth-order valence-corrected chi connectivity index (χ4v) is 2.67. The van der Waals surface area contributed by atoms with Gasteiger partial charge < -0.3 is 9.94 Å². The molecule has 2 heterocycles. The summed E-state index contributed by atoms with van der Waals surface area (Å²) in [5, 5.41) is 14.3. The van der Waals surface area contributed by atoms with Crippen molar-refractivity contribution in [1.82, 2.24) is 4.90 Å². The first-order chi connectivity index (χ1) is 11.1. The fourth-order valence-electron chi connectivity index (χ4n) is 2.33. The Kier molecular flexibility index (Phi) is 5.32. The van der Waals surface area contributed by atoms with Crippen molar-refractivity contribution in [3.05, 3.63) is 28.0 Å². The van der Waals surface area contributed by atoms with Crippen molar-refractivity contribution in [2.75, 3.05) is 11.9 Å². The lowest BCUT2D eigenvalue weighted by atomic mass is 10.2. The van der Waals surface area contributed by atoms with Crippen molar-refractivity contribution >= 4 is 33.7 Å². The second-order valence-electron chi connectivity index (χ2n) is 6.50. The van der Waals surface area contributed by atoms with E-state index >= 15 is 0 Å². The number of pyridine rings is 1. The standard InChI is InChI=1S/C15H19BrFN3O4/c1-15(2,3)24-14(22)19-8-9(17)7-10(19)13(21)18-12-6-4-5-11(16)20(12)23/h4-6,9-10H,7-8H2,1-3H3,(H,18,21)/t9-,10+/m1/s1. The number of nitrogens with one attached hydrogen (secondary N) is 1. The number of alkyl halides is 1. The van der Waals surface area contributed by atoms with Crippen LogP contribution in [0.1, 0.15) is 27.2 Å². The third-order valence-electron chi connectivity index (χ3n) is 3.33. The van der Waals surface area contributed by atoms with Gasteiger partial charge in [0.1, 0.15) is 17.8 Å². The molecule has 0 spiro atoms. The van der Waals surface area contributed by atoms with Crippen LogP contribution in [0.4, 0.5) is 15.0 Å². The number of carbonyl (C=O) groups excluding carboxylic acids is 2. The van der Waals surface area contributed by atoms with Gasteiger partial charge in [-0.05, 0) is 48.8 Å². The molecule has 0 aromatic carbocycles. The molecular weight excluding hydrogens is 385 g/mol. The van der Waals surface area contributed by atoms with Gasteiger partial charge in [-0.25, -0.2) is 24.0 Å². The van der Waals surface area contributed by atoms with Crippen LogP contribution in [0.2, 0.25) is 0 Å². The number of nitrogens with zero attached hydrogens (tertiary/aromatic N) is 2. The number of hydrogen-bond acceptors (Lipinski definition) is 4. The second-order valence-corrected chi connectivity index (χ2v) is 7.31. The minimum Gasteiger partial charge on any atom is -0.710 e. The SMILES string of the molecule is CC(C)(C)OC(=O)N1C[C@H](F)C[C@H]1C(=O)Nc1cccc(Br)[n+]1[O-]. The number of anilines is 1. The maximum atomic E-state index is 13.8. The highest BCUT2D eigenvalue weighted by atomic mass is 79.9. The summed E-state index contributed by atoms with van der Waals surface area (Å²) < 4.78 is 19.7. The molecule has 0 aliphatic carbocycles. The third kappa shape index (κ3) is 4.34. The molecule has 1 saturated heterocycles. The van der Waals surface area contributed by atoms with E-state index in [2.05, 4.69) is 21.2 Å². The van der Waals surface area contributed by atoms with Gasteiger partial charge in [-0.3, -0.25) is 4.90 Å². The van der Waals surface area contributed by atoms with Crippen LogP contribution in [0.3, 0.4) is 0 Å². The van der Waals surface area contributed by atoms with Crippen LogP contribution in [0, 0.1) is 5.21 Å². The normalized spacial score (nSPS) is 20.8. The van der Waals surface area contributed by atoms with Crippen LogP contribution in [-0.4, -0.2) is 41.3 Å². The second kappa shape index (κ2) is 6.92. The largest absolute Gasteiger partial charge is 0.710 e. The number of rotatable bonds is 2. The van der Waals surface area contributed by atoms with Gasteiger partial charge in [0.25, 0.3) is 5.82 Å². The number of amides is 2. The van der Waals surface area contributed by atoms with E-state index in [9.17, 15) is 19.2 Å². The molecule has 0 radical (unpaired) electrons. The molecule has 1 fully saturated rings. The van der Waals surface area contributed by atoms with Crippen molar-refractivity contribution in [2.45, 2.75) is 45.0 Å². The Bertz CT molecular complexity index is 650. The molecule has 0 unspecified atom stereocenters. The van der Waals surface area contributed by atoms with Crippen molar-refractivity contribution in [3.8, 4) is 0 Å². The maximum absolute atomic E-state index is 13.8. The smallest absolute Gasteiger partial charge is 0.411 e. The Morgan fingerprint density at radius 3 is 2.75 bits per heavy atom. The summed E-state index contributed by atoms with van der Waals surface area (Å²) in [6, 6.07) is 3.47. The van der Waals surface area contributed by atoms with Gasteiger partial charge in [0.05, 0.1) is 6.54 Å². The topological polar surface area (TPSA) is 85.6 Å². The van der Waals surface area contributed by atoms with E-state index in [1.807, 2.05) is 0 Å². The van der Waals surface area contributed by atoms with Crippen molar-refractivity contribution in [3.63, 3.8) is 0 Å². The third-order valence-corrected chi connectivity index (χ3v) is 3.92. The minimum absolute atomic E-state index is 0.0131. The molecule has 2 amide bonds. The highest BCUT2D eigenvalue weighted by Crippen LogP contribution is 2.24. The first kappa shape index (κ1) is 18.4. The predicted octanol–water partition coefficient (Wildman–Crippen LogP) is 2.37. The average molecular weight is 404 g/mol. The first-order valence-electron chi connectivity index (χ1n) is 7.41. The molecule has 0 saturated carbocycles. The Morgan fingerprint density at radius 1 is 1.46 bits per heavy atom. The zero-order chi connectivity index (χ0) is 18.1. The fraction of sp³-hybridized carbons (Fsp3) is 0.533. The van der Waals surface area contributed by atoms with E-state index in [1.54, 1.807) is 26.8 Å². The van der Waals surface area contributed by atoms with Crippen molar-refractivity contribution in [1.29, 1.82) is 0 Å². The van der Waals surface area contributed by atoms with Crippen molar-refractivity contribution < 1.29 is 23.4 Å². The summed E-state index contributed by atoms with van der Waals surface area (Å²) in [5.41, 5.74) is -0.755. The van der Waals surface area contributed by atoms with E-state index in [1.165, 1.54) is 12.1 Å². The molecule has 132 valence electrons. The summed E-state index contributed by atoms with van der Waals surface area (Å²) in [5.74, 6) is -0.649. The first-order valence-corrected chi connectivity index (χ1v) is 8.20. The highest BCUT2D eigenvalue weighted by molar-refractivity contribution is 9.10. The van der Waals surface area contributed by atoms with Crippen molar-refractivity contribution in [2.24, 2.45) is 0 Å². The predicted molar refractivity (Wildman–Crippen MR) is 88.0 cm³/mol. The number of aromatic nitrogens is 1. The lowest BCUT2D eigenvalue weighted by Gasteiger charge is -2.26. The van der Waals surface area contributed by atoms with Gasteiger partial charge in [0, 0.05) is 12.5 Å². The van der Waals surface area contributed by atoms with Crippen LogP contribution in [0.5, 0.6) is 0 Å². The van der Waals surface area contributed by atoms with Crippen LogP contribution >= 0.6 is 15.9 Å². The average Bonchev–Trinajstić information content (AvgIpc) is 2.84. The van der Waals surface area contributed by atoms with Crippen LogP contribution in [0.15, 0.2) is 22.8 Å². The Balaban J connectivity index is 2.14. The number of carbonyl (C=O) groups is 2. The van der Waals surface area contributed by atoms with Gasteiger partial charge in [-0.15, -0.1) is 0 Å². The summed E-state index contributed by atoms with van der Waals surface area (Å²) in [6.07, 6.45) is -2.22. The summed E-state index contributed by atoms with van der Waals surface area (Å²) in [4.78, 5) is 25.6. The van der Waals surface area contributed by atoms with E-state index in [4.69, 9.17) is 4.74 Å². The molecule has 9 heteroatoms. The van der Waals surface area contributed by atoms with Gasteiger partial charge in [0.2, 0.25) is 0 Å². The molecule has 0 bridgehead atoms. The van der Waals surface area contributed by atoms with Crippen LogP contribution in [0.25, 0.3) is 0 Å². The Labute approximate surface area is 147 Å². The molecule has 1 aliphatic heterocycles. The molecule has 1 aromatic heterocycles. The zero-order valence-corrected chi connectivity index (χ0v) is 15.2. The molecule has 1 aromatic rings. The van der Waals surface area contributed by atoms with Gasteiger partial charge in [-0.1, -0.05) is 0 Å². The number of hydrogen-bond donors (Lipinski definition) is 1. The quantitative estimate of drug-likeness (QED) is 0.466. The minimum atomic E-state index is -1.32. The van der Waals surface area contributed by atoms with Gasteiger partial charge in [0.15, 0.2) is 4.60 Å². The lowest BCUT2D eigenvalue weighted by Crippen LogP contribution is -2.46. The zero-order valence-electron chi connectivity index (χ0n) is 13.6. The molecule has 2 atom stereocenters. The van der Waals surface area contributed by atoms with Crippen LogP contribution < -0.4 is 10.0 Å². The van der Waals surface area contributed by atoms with E-state index in [-0.39, 0.29) is 23.4 Å². The van der Waals surface area contributed by atoms with E-state index in [0.717, 1.165) is 4.90 Å². The van der Waals surface area contributed by atoms with Crippen LogP contribution in [-0.2, 0) is 9.53 Å². The van der Waals surface area contributed by atoms with E-state index < -0.39 is 29.8 Å².